The van der Waals surface area contributed by atoms with E-state index in [4.69, 9.17) is 4.74 Å². The van der Waals surface area contributed by atoms with Crippen LogP contribution >= 0.6 is 0 Å². The number of anilines is 6. The zero-order valence-corrected chi connectivity index (χ0v) is 34.4. The summed E-state index contributed by atoms with van der Waals surface area (Å²) in [5, 5.41) is 11.0. The Morgan fingerprint density at radius 3 is 1.68 bits per heavy atom. The minimum Gasteiger partial charge on any atom is -0.456 e. The van der Waals surface area contributed by atoms with Crippen LogP contribution in [0.3, 0.4) is 0 Å². The average molecular weight is 775 g/mol. The lowest BCUT2D eigenvalue weighted by atomic mass is 9.88. The number of para-hydroxylation sites is 2. The van der Waals surface area contributed by atoms with Crippen LogP contribution in [0.4, 0.5) is 34.1 Å². The van der Waals surface area contributed by atoms with Crippen LogP contribution in [0.25, 0.3) is 54.2 Å². The number of benzene rings is 10. The fourth-order valence-electron chi connectivity index (χ4n) is 9.02. The van der Waals surface area contributed by atoms with Gasteiger partial charge in [-0.15, -0.1) is 0 Å². The van der Waals surface area contributed by atoms with Gasteiger partial charge < -0.3 is 14.5 Å². The van der Waals surface area contributed by atoms with Crippen molar-refractivity contribution in [2.24, 2.45) is 0 Å². The highest BCUT2D eigenvalue weighted by Crippen LogP contribution is 2.52. The molecule has 282 valence electrons. The first-order valence-corrected chi connectivity index (χ1v) is 23.9. The second-order valence-corrected chi connectivity index (χ2v) is 21.7. The van der Waals surface area contributed by atoms with E-state index in [1.54, 1.807) is 0 Å². The van der Waals surface area contributed by atoms with E-state index in [0.717, 1.165) is 56.6 Å². The molecule has 0 aromatic heterocycles. The first kappa shape index (κ1) is 35.1. The third kappa shape index (κ3) is 5.95. The largest absolute Gasteiger partial charge is 0.456 e. The molecule has 0 fully saturated rings. The monoisotopic (exact) mass is 774 g/mol. The molecular weight excluding hydrogens is 733 g/mol. The predicted octanol–water partition coefficient (Wildman–Crippen LogP) is 15.6. The van der Waals surface area contributed by atoms with E-state index in [1.165, 1.54) is 48.5 Å². The first-order chi connectivity index (χ1) is 28.9. The SMILES string of the molecule is C[Si](C)(C)c1ccc(N(c2ccccc2)c2ccc3c(c2)Oc2cccc4c2c-3cc2c3ccccc3c(N(c3ccccc3)c3ccc5ccccc5c3)cc42)cc1. The molecule has 0 atom stereocenters. The topological polar surface area (TPSA) is 15.7 Å². The lowest BCUT2D eigenvalue weighted by Gasteiger charge is -2.29. The first-order valence-electron chi connectivity index (χ1n) is 20.4. The van der Waals surface area contributed by atoms with Crippen molar-refractivity contribution < 1.29 is 4.74 Å². The number of fused-ring (bicyclic) bond motifs is 7. The molecule has 1 aliphatic rings. The second kappa shape index (κ2) is 13.8. The Hall–Kier alpha value is -7.14. The quantitative estimate of drug-likeness (QED) is 0.118. The number of rotatable bonds is 7. The minimum atomic E-state index is -1.45. The van der Waals surface area contributed by atoms with Crippen molar-refractivity contribution in [2.75, 3.05) is 9.80 Å². The molecule has 0 radical (unpaired) electrons. The molecule has 0 aliphatic carbocycles. The molecule has 11 rings (SSSR count). The Morgan fingerprint density at radius 2 is 0.932 bits per heavy atom. The summed E-state index contributed by atoms with van der Waals surface area (Å²) in [6.07, 6.45) is 0. The standard InChI is InChI=1S/C55H42N2OSi/c1-59(2,3)44-30-27-41(28-31-44)56(39-17-6-4-7-18-39)43-29-32-47-51-35-49-45-21-12-13-22-46(45)52(36-50(49)48-23-14-24-53(55(48)51)58-54(47)34-43)57(40-19-8-5-9-20-40)42-26-25-37-15-10-11-16-38(37)33-42/h4-36H,1-3H3. The summed E-state index contributed by atoms with van der Waals surface area (Å²) in [6.45, 7) is 7.19. The van der Waals surface area contributed by atoms with Gasteiger partial charge in [0, 0.05) is 50.8 Å². The molecule has 3 nitrogen and oxygen atoms in total. The fourth-order valence-corrected chi connectivity index (χ4v) is 10.2. The molecule has 0 unspecified atom stereocenters. The van der Waals surface area contributed by atoms with E-state index >= 15 is 0 Å². The highest BCUT2D eigenvalue weighted by Gasteiger charge is 2.26. The molecule has 0 amide bonds. The number of ether oxygens (including phenoxy) is 1. The van der Waals surface area contributed by atoms with Crippen LogP contribution in [0, 0.1) is 0 Å². The van der Waals surface area contributed by atoms with Gasteiger partial charge >= 0.3 is 0 Å². The van der Waals surface area contributed by atoms with Crippen LogP contribution < -0.4 is 19.7 Å². The van der Waals surface area contributed by atoms with E-state index < -0.39 is 8.07 Å². The Morgan fingerprint density at radius 1 is 0.356 bits per heavy atom. The van der Waals surface area contributed by atoms with Crippen LogP contribution in [0.1, 0.15) is 0 Å². The van der Waals surface area contributed by atoms with E-state index in [2.05, 4.69) is 230 Å². The van der Waals surface area contributed by atoms with Gasteiger partial charge in [-0.1, -0.05) is 140 Å². The summed E-state index contributed by atoms with van der Waals surface area (Å²) in [4.78, 5) is 4.74. The lowest BCUT2D eigenvalue weighted by Crippen LogP contribution is -2.37. The second-order valence-electron chi connectivity index (χ2n) is 16.6. The van der Waals surface area contributed by atoms with Crippen LogP contribution in [-0.2, 0) is 0 Å². The molecule has 1 heterocycles. The van der Waals surface area contributed by atoms with Gasteiger partial charge in [-0.3, -0.25) is 0 Å². The third-order valence-corrected chi connectivity index (χ3v) is 14.0. The smallest absolute Gasteiger partial charge is 0.137 e. The van der Waals surface area contributed by atoms with Crippen LogP contribution in [0.15, 0.2) is 200 Å². The van der Waals surface area contributed by atoms with E-state index in [-0.39, 0.29) is 0 Å². The lowest BCUT2D eigenvalue weighted by molar-refractivity contribution is 0.487. The predicted molar refractivity (Wildman–Crippen MR) is 254 cm³/mol. The zero-order chi connectivity index (χ0) is 39.7. The van der Waals surface area contributed by atoms with Crippen LogP contribution in [0.2, 0.25) is 19.6 Å². The number of hydrogen-bond donors (Lipinski definition) is 0. The van der Waals surface area contributed by atoms with Gasteiger partial charge in [-0.25, -0.2) is 0 Å². The van der Waals surface area contributed by atoms with Crippen molar-refractivity contribution in [1.82, 2.24) is 0 Å². The van der Waals surface area contributed by atoms with Gasteiger partial charge in [0.05, 0.1) is 13.8 Å². The molecule has 0 spiro atoms. The molecule has 4 heteroatoms. The average Bonchev–Trinajstić information content (AvgIpc) is 3.27. The zero-order valence-electron chi connectivity index (χ0n) is 33.4. The Kier molecular flexibility index (Phi) is 8.17. The summed E-state index contributed by atoms with van der Waals surface area (Å²) in [7, 11) is -1.45. The Bertz CT molecular complexity index is 3230. The summed E-state index contributed by atoms with van der Waals surface area (Å²) < 4.78 is 6.94. The molecule has 10 aromatic carbocycles. The van der Waals surface area contributed by atoms with Gasteiger partial charge in [0.15, 0.2) is 0 Å². The van der Waals surface area contributed by atoms with E-state index in [0.29, 0.717) is 0 Å². The highest BCUT2D eigenvalue weighted by molar-refractivity contribution is 6.88. The maximum Gasteiger partial charge on any atom is 0.137 e. The normalized spacial score (nSPS) is 12.1. The minimum absolute atomic E-state index is 0.856. The summed E-state index contributed by atoms with van der Waals surface area (Å²) in [5.74, 6) is 1.73. The maximum atomic E-state index is 6.94. The van der Waals surface area contributed by atoms with Crippen molar-refractivity contribution in [3.8, 4) is 22.6 Å². The summed E-state index contributed by atoms with van der Waals surface area (Å²) in [5.41, 5.74) is 8.93. The maximum absolute atomic E-state index is 6.94. The van der Waals surface area contributed by atoms with Crippen molar-refractivity contribution in [2.45, 2.75) is 19.6 Å². The van der Waals surface area contributed by atoms with E-state index in [1.807, 2.05) is 0 Å². The van der Waals surface area contributed by atoms with E-state index in [9.17, 15) is 0 Å². The third-order valence-electron chi connectivity index (χ3n) is 11.9. The van der Waals surface area contributed by atoms with Crippen molar-refractivity contribution in [3.63, 3.8) is 0 Å². The number of hydrogen-bond acceptors (Lipinski definition) is 3. The van der Waals surface area contributed by atoms with Gasteiger partial charge in [-0.05, 0) is 117 Å². The summed E-state index contributed by atoms with van der Waals surface area (Å²) in [6, 6.07) is 72.8. The molecule has 0 N–H and O–H groups in total. The van der Waals surface area contributed by atoms with Gasteiger partial charge in [-0.2, -0.15) is 0 Å². The fraction of sp³-hybridized carbons (Fsp3) is 0.0545. The molecule has 10 aromatic rings. The van der Waals surface area contributed by atoms with Crippen molar-refractivity contribution >= 4 is 90.5 Å². The number of nitrogens with zero attached hydrogens (tertiary/aromatic N) is 2. The van der Waals surface area contributed by atoms with Gasteiger partial charge in [0.2, 0.25) is 0 Å². The van der Waals surface area contributed by atoms with Crippen molar-refractivity contribution in [1.29, 1.82) is 0 Å². The van der Waals surface area contributed by atoms with Crippen molar-refractivity contribution in [3.05, 3.63) is 200 Å². The summed E-state index contributed by atoms with van der Waals surface area (Å²) >= 11 is 0. The Balaban J connectivity index is 1.11. The molecule has 0 saturated heterocycles. The molecule has 59 heavy (non-hydrogen) atoms. The van der Waals surface area contributed by atoms with Gasteiger partial charge in [0.1, 0.15) is 11.5 Å². The Labute approximate surface area is 346 Å². The van der Waals surface area contributed by atoms with Gasteiger partial charge in [0.25, 0.3) is 0 Å². The molecule has 1 aliphatic heterocycles. The molecule has 0 saturated carbocycles. The van der Waals surface area contributed by atoms with Crippen LogP contribution in [-0.4, -0.2) is 8.07 Å². The molecule has 0 bridgehead atoms. The molecular formula is C55H42N2OSi. The highest BCUT2D eigenvalue weighted by atomic mass is 28.3. The van der Waals surface area contributed by atoms with Crippen LogP contribution in [0.5, 0.6) is 11.5 Å².